The zero-order chi connectivity index (χ0) is 15.8. The van der Waals surface area contributed by atoms with Gasteiger partial charge >= 0.3 is 0 Å². The lowest BCUT2D eigenvalue weighted by Gasteiger charge is -2.34. The predicted molar refractivity (Wildman–Crippen MR) is 89.3 cm³/mol. The summed E-state index contributed by atoms with van der Waals surface area (Å²) in [6.45, 7) is 12.0. The molecule has 0 spiro atoms. The second-order valence-electron chi connectivity index (χ2n) is 6.83. The van der Waals surface area contributed by atoms with E-state index in [2.05, 4.69) is 33.7 Å². The smallest absolute Gasteiger partial charge is 0.0793 e. The van der Waals surface area contributed by atoms with Gasteiger partial charge in [-0.3, -0.25) is 9.80 Å². The van der Waals surface area contributed by atoms with Crippen LogP contribution in [0.1, 0.15) is 6.42 Å². The van der Waals surface area contributed by atoms with Gasteiger partial charge in [-0.05, 0) is 33.6 Å². The maximum atomic E-state index is 10.3. The summed E-state index contributed by atoms with van der Waals surface area (Å²) in [5.74, 6) is 0. The summed E-state index contributed by atoms with van der Waals surface area (Å²) in [7, 11) is 4.28. The molecule has 0 radical (unpaired) electrons. The Morgan fingerprint density at radius 3 is 2.41 bits per heavy atom. The first-order valence-corrected chi connectivity index (χ1v) is 8.71. The van der Waals surface area contributed by atoms with Crippen LogP contribution < -0.4 is 0 Å². The van der Waals surface area contributed by atoms with E-state index in [0.29, 0.717) is 0 Å². The van der Waals surface area contributed by atoms with Gasteiger partial charge in [-0.15, -0.1) is 0 Å². The first-order valence-electron chi connectivity index (χ1n) is 8.71. The molecule has 0 aromatic carbocycles. The lowest BCUT2D eigenvalue weighted by atomic mass is 10.2. The van der Waals surface area contributed by atoms with Crippen molar-refractivity contribution in [2.45, 2.75) is 12.5 Å². The lowest BCUT2D eigenvalue weighted by Crippen LogP contribution is -2.48. The highest BCUT2D eigenvalue weighted by Gasteiger charge is 2.18. The summed E-state index contributed by atoms with van der Waals surface area (Å²) in [5.41, 5.74) is 0. The van der Waals surface area contributed by atoms with Crippen molar-refractivity contribution in [2.24, 2.45) is 0 Å². The normalized spacial score (nSPS) is 24.0. The minimum atomic E-state index is -0.239. The number of morpholine rings is 1. The molecular formula is C16H34N4O2. The summed E-state index contributed by atoms with van der Waals surface area (Å²) in [6.07, 6.45) is 0.925. The van der Waals surface area contributed by atoms with E-state index in [1.165, 1.54) is 0 Å². The van der Waals surface area contributed by atoms with Crippen LogP contribution in [0.4, 0.5) is 0 Å². The van der Waals surface area contributed by atoms with E-state index in [0.717, 1.165) is 85.1 Å². The van der Waals surface area contributed by atoms with E-state index >= 15 is 0 Å². The number of piperazine rings is 1. The predicted octanol–water partition coefficient (Wildman–Crippen LogP) is -0.751. The summed E-state index contributed by atoms with van der Waals surface area (Å²) >= 11 is 0. The molecule has 2 aliphatic rings. The van der Waals surface area contributed by atoms with Crippen molar-refractivity contribution in [3.63, 3.8) is 0 Å². The topological polar surface area (TPSA) is 42.4 Å². The Hall–Kier alpha value is -0.240. The largest absolute Gasteiger partial charge is 0.390 e. The standard InChI is InChI=1S/C16H34N4O2/c1-17-6-8-20(9-7-17)15-16(21)14-18(2)4-3-5-19-10-12-22-13-11-19/h16,21H,3-15H2,1-2H3. The van der Waals surface area contributed by atoms with Crippen molar-refractivity contribution < 1.29 is 9.84 Å². The van der Waals surface area contributed by atoms with Gasteiger partial charge < -0.3 is 19.6 Å². The van der Waals surface area contributed by atoms with E-state index < -0.39 is 0 Å². The van der Waals surface area contributed by atoms with Crippen molar-refractivity contribution in [3.05, 3.63) is 0 Å². The number of rotatable bonds is 8. The maximum absolute atomic E-state index is 10.3. The van der Waals surface area contributed by atoms with Crippen molar-refractivity contribution in [1.82, 2.24) is 19.6 Å². The highest BCUT2D eigenvalue weighted by atomic mass is 16.5. The second-order valence-corrected chi connectivity index (χ2v) is 6.83. The molecule has 6 heteroatoms. The van der Waals surface area contributed by atoms with Gasteiger partial charge in [-0.2, -0.15) is 0 Å². The monoisotopic (exact) mass is 314 g/mol. The summed E-state index contributed by atoms with van der Waals surface area (Å²) in [4.78, 5) is 9.46. The minimum Gasteiger partial charge on any atom is -0.390 e. The lowest BCUT2D eigenvalue weighted by molar-refractivity contribution is 0.0345. The maximum Gasteiger partial charge on any atom is 0.0793 e. The zero-order valence-corrected chi connectivity index (χ0v) is 14.4. The molecule has 1 atom stereocenters. The van der Waals surface area contributed by atoms with Gasteiger partial charge in [0, 0.05) is 52.4 Å². The highest BCUT2D eigenvalue weighted by Crippen LogP contribution is 2.03. The molecule has 22 heavy (non-hydrogen) atoms. The summed E-state index contributed by atoms with van der Waals surface area (Å²) in [6, 6.07) is 0. The van der Waals surface area contributed by atoms with Gasteiger partial charge in [0.1, 0.15) is 0 Å². The average molecular weight is 314 g/mol. The van der Waals surface area contributed by atoms with Gasteiger partial charge in [-0.25, -0.2) is 0 Å². The quantitative estimate of drug-likeness (QED) is 0.636. The molecule has 130 valence electrons. The molecule has 1 N–H and O–H groups in total. The molecule has 0 aromatic rings. The highest BCUT2D eigenvalue weighted by molar-refractivity contribution is 4.74. The van der Waals surface area contributed by atoms with Crippen molar-refractivity contribution in [1.29, 1.82) is 0 Å². The van der Waals surface area contributed by atoms with E-state index in [4.69, 9.17) is 4.74 Å². The Bertz CT molecular complexity index is 292. The van der Waals surface area contributed by atoms with Crippen molar-refractivity contribution in [3.8, 4) is 0 Å². The molecular weight excluding hydrogens is 280 g/mol. The molecule has 2 aliphatic heterocycles. The van der Waals surface area contributed by atoms with Gasteiger partial charge in [-0.1, -0.05) is 0 Å². The van der Waals surface area contributed by atoms with E-state index in [1.54, 1.807) is 0 Å². The Morgan fingerprint density at radius 1 is 1.05 bits per heavy atom. The van der Waals surface area contributed by atoms with Crippen LogP contribution in [0, 0.1) is 0 Å². The Labute approximate surface area is 135 Å². The molecule has 0 saturated carbocycles. The Kier molecular flexibility index (Phi) is 8.06. The number of likely N-dealkylation sites (N-methyl/N-ethyl adjacent to an activating group) is 2. The fourth-order valence-corrected chi connectivity index (χ4v) is 3.23. The molecule has 2 heterocycles. The second kappa shape index (κ2) is 9.80. The van der Waals surface area contributed by atoms with E-state index in [9.17, 15) is 5.11 Å². The fourth-order valence-electron chi connectivity index (χ4n) is 3.23. The van der Waals surface area contributed by atoms with Crippen LogP contribution in [0.3, 0.4) is 0 Å². The number of hydrogen-bond acceptors (Lipinski definition) is 6. The molecule has 2 rings (SSSR count). The minimum absolute atomic E-state index is 0.239. The van der Waals surface area contributed by atoms with Crippen LogP contribution >= 0.6 is 0 Å². The number of aliphatic hydroxyl groups excluding tert-OH is 1. The van der Waals surface area contributed by atoms with Crippen LogP contribution in [0.25, 0.3) is 0 Å². The van der Waals surface area contributed by atoms with Crippen LogP contribution in [0.15, 0.2) is 0 Å². The van der Waals surface area contributed by atoms with Crippen LogP contribution in [-0.2, 0) is 4.74 Å². The number of β-amino-alcohol motifs (C(OH)–C–C–N with tert-alkyl or cyclic N) is 1. The average Bonchev–Trinajstić information content (AvgIpc) is 2.50. The molecule has 0 aromatic heterocycles. The van der Waals surface area contributed by atoms with Crippen LogP contribution in [0.5, 0.6) is 0 Å². The van der Waals surface area contributed by atoms with Gasteiger partial charge in [0.15, 0.2) is 0 Å². The molecule has 1 unspecified atom stereocenters. The third-order valence-electron chi connectivity index (χ3n) is 4.71. The third-order valence-corrected chi connectivity index (χ3v) is 4.71. The van der Waals surface area contributed by atoms with Crippen LogP contribution in [-0.4, -0.2) is 124 Å². The number of hydrogen-bond donors (Lipinski definition) is 1. The molecule has 2 saturated heterocycles. The third kappa shape index (κ3) is 6.89. The first kappa shape index (κ1) is 18.1. The number of ether oxygens (including phenoxy) is 1. The number of nitrogens with zero attached hydrogens (tertiary/aromatic N) is 4. The van der Waals surface area contributed by atoms with Gasteiger partial charge in [0.05, 0.1) is 19.3 Å². The SMILES string of the molecule is CN1CCN(CC(O)CN(C)CCCN2CCOCC2)CC1. The van der Waals surface area contributed by atoms with Gasteiger partial charge in [0.2, 0.25) is 0 Å². The molecule has 2 fully saturated rings. The molecule has 0 amide bonds. The molecule has 0 aliphatic carbocycles. The first-order chi connectivity index (χ1) is 10.6. The molecule has 6 nitrogen and oxygen atoms in total. The van der Waals surface area contributed by atoms with Gasteiger partial charge in [0.25, 0.3) is 0 Å². The summed E-state index contributed by atoms with van der Waals surface area (Å²) in [5, 5.41) is 10.3. The Morgan fingerprint density at radius 2 is 1.73 bits per heavy atom. The van der Waals surface area contributed by atoms with Crippen molar-refractivity contribution in [2.75, 3.05) is 92.8 Å². The fraction of sp³-hybridized carbons (Fsp3) is 1.00. The van der Waals surface area contributed by atoms with E-state index in [1.807, 2.05) is 0 Å². The molecule has 0 bridgehead atoms. The summed E-state index contributed by atoms with van der Waals surface area (Å²) < 4.78 is 5.37. The van der Waals surface area contributed by atoms with E-state index in [-0.39, 0.29) is 6.10 Å². The zero-order valence-electron chi connectivity index (χ0n) is 14.4. The van der Waals surface area contributed by atoms with Crippen molar-refractivity contribution >= 4 is 0 Å². The van der Waals surface area contributed by atoms with Crippen LogP contribution in [0.2, 0.25) is 0 Å². The number of aliphatic hydroxyl groups is 1. The Balaban J connectivity index is 1.52.